The van der Waals surface area contributed by atoms with Crippen molar-refractivity contribution in [2.75, 3.05) is 20.3 Å². The van der Waals surface area contributed by atoms with E-state index in [-0.39, 0.29) is 0 Å². The number of hydrogen-bond acceptors (Lipinski definition) is 3. The molecule has 1 saturated carbocycles. The highest BCUT2D eigenvalue weighted by Crippen LogP contribution is 2.48. The molecule has 0 saturated heterocycles. The maximum absolute atomic E-state index is 5.14. The number of H-pyrrole nitrogens is 1. The molecule has 4 nitrogen and oxygen atoms in total. The van der Waals surface area contributed by atoms with Crippen molar-refractivity contribution in [3.8, 4) is 0 Å². The molecule has 0 amide bonds. The van der Waals surface area contributed by atoms with Gasteiger partial charge in [0.25, 0.3) is 0 Å². The molecule has 1 aliphatic carbocycles. The first-order valence-corrected chi connectivity index (χ1v) is 5.94. The molecule has 0 aliphatic heterocycles. The van der Waals surface area contributed by atoms with E-state index in [0.717, 1.165) is 25.5 Å². The van der Waals surface area contributed by atoms with Gasteiger partial charge in [-0.2, -0.15) is 0 Å². The number of ether oxygens (including phenoxy) is 1. The number of methoxy groups -OCH3 is 1. The van der Waals surface area contributed by atoms with E-state index < -0.39 is 0 Å². The molecule has 1 aliphatic rings. The minimum Gasteiger partial charge on any atom is -0.385 e. The largest absolute Gasteiger partial charge is 0.385 e. The lowest BCUT2D eigenvalue weighted by molar-refractivity contribution is 0.171. The monoisotopic (exact) mass is 223 g/mol. The van der Waals surface area contributed by atoms with Crippen LogP contribution in [0.4, 0.5) is 0 Å². The molecule has 0 unspecified atom stereocenters. The van der Waals surface area contributed by atoms with Gasteiger partial charge in [0.1, 0.15) is 5.82 Å². The second-order valence-corrected chi connectivity index (χ2v) is 4.84. The van der Waals surface area contributed by atoms with Gasteiger partial charge in [0.2, 0.25) is 0 Å². The Bertz CT molecular complexity index is 331. The zero-order valence-corrected chi connectivity index (χ0v) is 10.2. The van der Waals surface area contributed by atoms with Gasteiger partial charge in [-0.3, -0.25) is 0 Å². The normalized spacial score (nSPS) is 17.6. The zero-order valence-electron chi connectivity index (χ0n) is 10.2. The van der Waals surface area contributed by atoms with Crippen molar-refractivity contribution in [2.45, 2.75) is 32.7 Å². The fraction of sp³-hybridized carbons (Fsp3) is 0.750. The molecule has 1 heterocycles. The summed E-state index contributed by atoms with van der Waals surface area (Å²) < 4.78 is 5.14. The predicted molar refractivity (Wildman–Crippen MR) is 63.2 cm³/mol. The second-order valence-electron chi connectivity index (χ2n) is 4.84. The Hall–Kier alpha value is -0.870. The lowest BCUT2D eigenvalue weighted by Crippen LogP contribution is -2.24. The van der Waals surface area contributed by atoms with Crippen LogP contribution >= 0.6 is 0 Å². The minimum absolute atomic E-state index is 0.519. The third kappa shape index (κ3) is 3.06. The Kier molecular flexibility index (Phi) is 3.61. The Labute approximate surface area is 96.8 Å². The van der Waals surface area contributed by atoms with Gasteiger partial charge < -0.3 is 15.0 Å². The maximum Gasteiger partial charge on any atom is 0.103 e. The van der Waals surface area contributed by atoms with Gasteiger partial charge >= 0.3 is 0 Å². The molecule has 0 atom stereocenters. The van der Waals surface area contributed by atoms with E-state index in [1.54, 1.807) is 7.11 Å². The van der Waals surface area contributed by atoms with Gasteiger partial charge in [-0.15, -0.1) is 0 Å². The highest BCUT2D eigenvalue weighted by atomic mass is 16.5. The van der Waals surface area contributed by atoms with Crippen LogP contribution in [0.3, 0.4) is 0 Å². The summed E-state index contributed by atoms with van der Waals surface area (Å²) in [4.78, 5) is 7.41. The quantitative estimate of drug-likeness (QED) is 0.738. The van der Waals surface area contributed by atoms with E-state index in [0.29, 0.717) is 5.41 Å². The number of aromatic nitrogens is 2. The van der Waals surface area contributed by atoms with Crippen molar-refractivity contribution in [3.05, 3.63) is 17.7 Å². The van der Waals surface area contributed by atoms with Crippen LogP contribution in [0.5, 0.6) is 0 Å². The highest BCUT2D eigenvalue weighted by molar-refractivity contribution is 5.00. The number of aromatic amines is 1. The Morgan fingerprint density at radius 1 is 1.56 bits per heavy atom. The lowest BCUT2D eigenvalue weighted by Gasteiger charge is -2.14. The number of nitrogens with zero attached hydrogens (tertiary/aromatic N) is 1. The fourth-order valence-corrected chi connectivity index (χ4v) is 2.03. The van der Waals surface area contributed by atoms with Gasteiger partial charge in [0.15, 0.2) is 0 Å². The average molecular weight is 223 g/mol. The summed E-state index contributed by atoms with van der Waals surface area (Å²) in [5.74, 6) is 0.984. The van der Waals surface area contributed by atoms with Crippen molar-refractivity contribution in [3.63, 3.8) is 0 Å². The average Bonchev–Trinajstić information content (AvgIpc) is 2.92. The molecule has 16 heavy (non-hydrogen) atoms. The summed E-state index contributed by atoms with van der Waals surface area (Å²) in [5.41, 5.74) is 1.69. The van der Waals surface area contributed by atoms with Crippen LogP contribution < -0.4 is 5.32 Å². The van der Waals surface area contributed by atoms with Crippen LogP contribution in [-0.2, 0) is 11.3 Å². The minimum atomic E-state index is 0.519. The molecule has 0 spiro atoms. The van der Waals surface area contributed by atoms with E-state index in [4.69, 9.17) is 4.74 Å². The number of nitrogens with one attached hydrogen (secondary N) is 2. The smallest absolute Gasteiger partial charge is 0.103 e. The van der Waals surface area contributed by atoms with Crippen molar-refractivity contribution < 1.29 is 4.74 Å². The Morgan fingerprint density at radius 3 is 2.94 bits per heavy atom. The fourth-order valence-electron chi connectivity index (χ4n) is 2.03. The van der Waals surface area contributed by atoms with Crippen LogP contribution in [0.2, 0.25) is 0 Å². The summed E-state index contributed by atoms with van der Waals surface area (Å²) >= 11 is 0. The highest BCUT2D eigenvalue weighted by Gasteiger charge is 2.41. The molecule has 0 radical (unpaired) electrons. The molecule has 4 heteroatoms. The first-order valence-electron chi connectivity index (χ1n) is 5.94. The molecule has 0 bridgehead atoms. The van der Waals surface area contributed by atoms with E-state index in [1.807, 2.05) is 13.1 Å². The second kappa shape index (κ2) is 4.97. The van der Waals surface area contributed by atoms with E-state index in [9.17, 15) is 0 Å². The van der Waals surface area contributed by atoms with Gasteiger partial charge in [-0.1, -0.05) is 0 Å². The molecular formula is C12H21N3O. The number of rotatable bonds is 7. The van der Waals surface area contributed by atoms with Crippen LogP contribution in [0, 0.1) is 12.3 Å². The lowest BCUT2D eigenvalue weighted by atomic mass is 10.0. The topological polar surface area (TPSA) is 49.9 Å². The van der Waals surface area contributed by atoms with E-state index in [1.165, 1.54) is 25.0 Å². The summed E-state index contributed by atoms with van der Waals surface area (Å²) in [6.07, 6.45) is 5.76. The molecule has 2 rings (SSSR count). The molecule has 1 fully saturated rings. The van der Waals surface area contributed by atoms with Gasteiger partial charge in [-0.25, -0.2) is 4.98 Å². The summed E-state index contributed by atoms with van der Waals surface area (Å²) in [7, 11) is 1.77. The van der Waals surface area contributed by atoms with Gasteiger partial charge in [0, 0.05) is 38.7 Å². The summed E-state index contributed by atoms with van der Waals surface area (Å²) in [5, 5.41) is 3.50. The zero-order chi connectivity index (χ0) is 11.4. The van der Waals surface area contributed by atoms with Crippen LogP contribution in [0.1, 0.15) is 30.8 Å². The third-order valence-electron chi connectivity index (χ3n) is 3.36. The van der Waals surface area contributed by atoms with Crippen molar-refractivity contribution in [2.24, 2.45) is 5.41 Å². The SMILES string of the molecule is COCCC1(CNCc2cnc(C)[nH]2)CC1. The number of imidazole rings is 1. The molecular weight excluding hydrogens is 202 g/mol. The van der Waals surface area contributed by atoms with E-state index in [2.05, 4.69) is 15.3 Å². The first-order chi connectivity index (χ1) is 7.74. The van der Waals surface area contributed by atoms with Crippen LogP contribution in [-0.4, -0.2) is 30.2 Å². The molecule has 0 aromatic carbocycles. The molecule has 90 valence electrons. The van der Waals surface area contributed by atoms with Crippen molar-refractivity contribution in [1.82, 2.24) is 15.3 Å². The molecule has 2 N–H and O–H groups in total. The Morgan fingerprint density at radius 2 is 2.38 bits per heavy atom. The van der Waals surface area contributed by atoms with Crippen LogP contribution in [0.15, 0.2) is 6.20 Å². The number of hydrogen-bond donors (Lipinski definition) is 2. The predicted octanol–water partition coefficient (Wildman–Crippen LogP) is 1.62. The summed E-state index contributed by atoms with van der Waals surface area (Å²) in [6.45, 7) is 4.83. The van der Waals surface area contributed by atoms with Gasteiger partial charge in [0.05, 0.1) is 0 Å². The standard InChI is InChI=1S/C12H21N3O/c1-10-14-8-11(15-10)7-13-9-12(3-4-12)5-6-16-2/h8,13H,3-7,9H2,1-2H3,(H,14,15). The summed E-state index contributed by atoms with van der Waals surface area (Å²) in [6, 6.07) is 0. The maximum atomic E-state index is 5.14. The third-order valence-corrected chi connectivity index (χ3v) is 3.36. The van der Waals surface area contributed by atoms with Crippen LogP contribution in [0.25, 0.3) is 0 Å². The molecule has 1 aromatic rings. The number of aryl methyl sites for hydroxylation is 1. The molecule has 1 aromatic heterocycles. The Balaban J connectivity index is 1.68. The van der Waals surface area contributed by atoms with E-state index >= 15 is 0 Å². The van der Waals surface area contributed by atoms with Crippen molar-refractivity contribution in [1.29, 1.82) is 0 Å². The first kappa shape index (κ1) is 11.6. The van der Waals surface area contributed by atoms with Gasteiger partial charge in [-0.05, 0) is 31.6 Å². The van der Waals surface area contributed by atoms with Crippen molar-refractivity contribution >= 4 is 0 Å².